The molecular formula is C16H10N2O3. The molecule has 0 amide bonds. The molecule has 3 heterocycles. The van der Waals surface area contributed by atoms with Gasteiger partial charge >= 0.3 is 5.97 Å². The fraction of sp³-hybridized carbons (Fsp3) is 0. The number of aromatic amines is 1. The Morgan fingerprint density at radius 2 is 2.14 bits per heavy atom. The number of H-pyrrole nitrogens is 1. The van der Waals surface area contributed by atoms with E-state index in [9.17, 15) is 4.79 Å². The zero-order valence-corrected chi connectivity index (χ0v) is 10.8. The number of aromatic carboxylic acids is 1. The van der Waals surface area contributed by atoms with E-state index < -0.39 is 5.97 Å². The second-order valence-electron chi connectivity index (χ2n) is 4.80. The minimum atomic E-state index is -1.01. The maximum absolute atomic E-state index is 11.1. The number of nitrogens with zero attached hydrogens (tertiary/aromatic N) is 1. The summed E-state index contributed by atoms with van der Waals surface area (Å²) in [5.41, 5.74) is 1.15. The van der Waals surface area contributed by atoms with Gasteiger partial charge in [-0.1, -0.05) is 0 Å². The highest BCUT2D eigenvalue weighted by Crippen LogP contribution is 2.08. The molecule has 102 valence electrons. The highest BCUT2D eigenvalue weighted by Gasteiger charge is 2.06. The molecule has 5 nitrogen and oxygen atoms in total. The Balaban J connectivity index is 2.26. The van der Waals surface area contributed by atoms with Crippen LogP contribution in [0.15, 0.2) is 36.7 Å². The number of nitrogens with one attached hydrogen (secondary N) is 1. The molecule has 0 spiro atoms. The number of rotatable bonds is 1. The summed E-state index contributed by atoms with van der Waals surface area (Å²) < 4.78 is 5.46. The summed E-state index contributed by atoms with van der Waals surface area (Å²) in [5, 5.41) is 13.3. The Labute approximate surface area is 118 Å². The van der Waals surface area contributed by atoms with Crippen molar-refractivity contribution in [2.24, 2.45) is 0 Å². The number of ether oxygens (including phenoxy) is 1. The van der Waals surface area contributed by atoms with Crippen molar-refractivity contribution in [2.45, 2.75) is 0 Å². The Bertz CT molecular complexity index is 1100. The van der Waals surface area contributed by atoms with Crippen LogP contribution >= 0.6 is 0 Å². The third-order valence-electron chi connectivity index (χ3n) is 3.58. The van der Waals surface area contributed by atoms with Crippen molar-refractivity contribution in [3.63, 3.8) is 0 Å². The predicted octanol–water partition coefficient (Wildman–Crippen LogP) is 1.05. The minimum Gasteiger partial charge on any atom is -0.478 e. The zero-order valence-electron chi connectivity index (χ0n) is 10.8. The van der Waals surface area contributed by atoms with Crippen LogP contribution in [0.3, 0.4) is 0 Å². The molecule has 1 aromatic carbocycles. The van der Waals surface area contributed by atoms with E-state index in [1.54, 1.807) is 12.3 Å². The molecule has 0 unspecified atom stereocenters. The van der Waals surface area contributed by atoms with Gasteiger partial charge in [0.25, 0.3) is 0 Å². The number of pyridine rings is 1. The molecule has 0 fully saturated rings. The van der Waals surface area contributed by atoms with E-state index in [0.29, 0.717) is 10.6 Å². The van der Waals surface area contributed by atoms with Gasteiger partial charge in [0.1, 0.15) is 0 Å². The van der Waals surface area contributed by atoms with Gasteiger partial charge in [-0.15, -0.1) is 0 Å². The molecule has 0 radical (unpaired) electrons. The second-order valence-corrected chi connectivity index (χ2v) is 4.80. The van der Waals surface area contributed by atoms with Gasteiger partial charge in [0.15, 0.2) is 0 Å². The number of benzene rings is 1. The fourth-order valence-corrected chi connectivity index (χ4v) is 2.58. The Morgan fingerprint density at radius 3 is 3.00 bits per heavy atom. The molecule has 2 aromatic heterocycles. The summed E-state index contributed by atoms with van der Waals surface area (Å²) in [6, 6.07) is 7.48. The summed E-state index contributed by atoms with van der Waals surface area (Å²) in [4.78, 5) is 18.5. The molecule has 0 aliphatic carbocycles. The van der Waals surface area contributed by atoms with Gasteiger partial charge in [-0.05, 0) is 24.3 Å². The van der Waals surface area contributed by atoms with Crippen LogP contribution in [0.25, 0.3) is 23.4 Å². The van der Waals surface area contributed by atoms with Crippen LogP contribution in [0, 0.1) is 10.6 Å². The first-order valence-electron chi connectivity index (χ1n) is 6.40. The van der Waals surface area contributed by atoms with Crippen molar-refractivity contribution in [1.82, 2.24) is 9.97 Å². The SMILES string of the molecule is O=C(O)c1cnc2c(c1)=COC=c1c=2ccc2[nH]ccc12. The number of fused-ring (bicyclic) bond motifs is 4. The number of carbonyl (C=O) groups is 1. The monoisotopic (exact) mass is 278 g/mol. The Kier molecular flexibility index (Phi) is 2.35. The highest BCUT2D eigenvalue weighted by molar-refractivity contribution is 5.87. The zero-order chi connectivity index (χ0) is 14.4. The number of hydrogen-bond acceptors (Lipinski definition) is 3. The molecule has 0 saturated heterocycles. The molecule has 1 aliphatic rings. The van der Waals surface area contributed by atoms with Gasteiger partial charge < -0.3 is 14.8 Å². The number of hydrogen-bond donors (Lipinski definition) is 2. The fourth-order valence-electron chi connectivity index (χ4n) is 2.58. The summed E-state index contributed by atoms with van der Waals surface area (Å²) in [7, 11) is 0. The predicted molar refractivity (Wildman–Crippen MR) is 76.4 cm³/mol. The molecular weight excluding hydrogens is 268 g/mol. The van der Waals surface area contributed by atoms with E-state index in [1.807, 2.05) is 24.4 Å². The lowest BCUT2D eigenvalue weighted by molar-refractivity contribution is 0.0696. The first-order valence-corrected chi connectivity index (χ1v) is 6.40. The van der Waals surface area contributed by atoms with Crippen LogP contribution in [0.5, 0.6) is 0 Å². The second kappa shape index (κ2) is 4.21. The summed E-state index contributed by atoms with van der Waals surface area (Å²) in [6.07, 6.45) is 6.42. The maximum Gasteiger partial charge on any atom is 0.337 e. The van der Waals surface area contributed by atoms with Gasteiger partial charge in [-0.2, -0.15) is 0 Å². The average molecular weight is 278 g/mol. The van der Waals surface area contributed by atoms with Crippen LogP contribution in [-0.2, 0) is 4.74 Å². The van der Waals surface area contributed by atoms with Crippen LogP contribution in [0.2, 0.25) is 0 Å². The molecule has 0 saturated carbocycles. The molecule has 0 bridgehead atoms. The van der Waals surface area contributed by atoms with Crippen LogP contribution in [0.1, 0.15) is 10.4 Å². The van der Waals surface area contributed by atoms with E-state index >= 15 is 0 Å². The average Bonchev–Trinajstić information content (AvgIpc) is 2.88. The quantitative estimate of drug-likeness (QED) is 0.698. The third-order valence-corrected chi connectivity index (χ3v) is 3.58. The molecule has 3 aromatic rings. The normalized spacial score (nSPS) is 12.4. The molecule has 5 heteroatoms. The van der Waals surface area contributed by atoms with E-state index in [2.05, 4.69) is 9.97 Å². The van der Waals surface area contributed by atoms with Crippen molar-refractivity contribution >= 4 is 29.4 Å². The lowest BCUT2D eigenvalue weighted by Gasteiger charge is -1.95. The van der Waals surface area contributed by atoms with E-state index in [1.165, 1.54) is 12.5 Å². The van der Waals surface area contributed by atoms with Gasteiger partial charge in [0.05, 0.1) is 23.4 Å². The number of carboxylic acid groups (broad SMARTS) is 1. The van der Waals surface area contributed by atoms with Crippen molar-refractivity contribution in [3.05, 3.63) is 63.2 Å². The number of aromatic nitrogens is 2. The third kappa shape index (κ3) is 1.71. The van der Waals surface area contributed by atoms with Crippen LogP contribution in [-0.4, -0.2) is 21.0 Å². The lowest BCUT2D eigenvalue weighted by Crippen LogP contribution is -2.12. The molecule has 4 rings (SSSR count). The Hall–Kier alpha value is -3.08. The van der Waals surface area contributed by atoms with Crippen molar-refractivity contribution in [1.29, 1.82) is 0 Å². The van der Waals surface area contributed by atoms with Crippen LogP contribution < -0.4 is 10.4 Å². The van der Waals surface area contributed by atoms with Crippen molar-refractivity contribution in [3.8, 4) is 0 Å². The summed E-state index contributed by atoms with van der Waals surface area (Å²) >= 11 is 0. The smallest absolute Gasteiger partial charge is 0.337 e. The topological polar surface area (TPSA) is 75.2 Å². The maximum atomic E-state index is 11.1. The first-order chi connectivity index (χ1) is 10.2. The largest absolute Gasteiger partial charge is 0.478 e. The standard InChI is InChI=1S/C16H10N2O3/c19-16(20)9-5-10-7-21-8-13-11-3-4-17-14(11)2-1-12(13)15(10)18-6-9/h1-8,17H,(H,19,20). The highest BCUT2D eigenvalue weighted by atomic mass is 16.5. The van der Waals surface area contributed by atoms with Gasteiger partial charge in [-0.3, -0.25) is 4.98 Å². The number of carboxylic acids is 1. The minimum absolute atomic E-state index is 0.139. The van der Waals surface area contributed by atoms with E-state index in [-0.39, 0.29) is 5.56 Å². The summed E-state index contributed by atoms with van der Waals surface area (Å²) in [5.74, 6) is -1.01. The van der Waals surface area contributed by atoms with Crippen molar-refractivity contribution in [2.75, 3.05) is 0 Å². The molecule has 0 atom stereocenters. The van der Waals surface area contributed by atoms with Gasteiger partial charge in [0, 0.05) is 39.0 Å². The van der Waals surface area contributed by atoms with E-state index in [0.717, 1.165) is 21.3 Å². The van der Waals surface area contributed by atoms with Crippen LogP contribution in [0.4, 0.5) is 0 Å². The van der Waals surface area contributed by atoms with Crippen molar-refractivity contribution < 1.29 is 14.6 Å². The lowest BCUT2D eigenvalue weighted by atomic mass is 10.1. The van der Waals surface area contributed by atoms with Gasteiger partial charge in [-0.25, -0.2) is 4.79 Å². The summed E-state index contributed by atoms with van der Waals surface area (Å²) in [6.45, 7) is 0. The Morgan fingerprint density at radius 1 is 1.24 bits per heavy atom. The molecule has 1 aliphatic heterocycles. The first kappa shape index (κ1) is 11.7. The van der Waals surface area contributed by atoms with Gasteiger partial charge in [0.2, 0.25) is 0 Å². The molecule has 21 heavy (non-hydrogen) atoms. The molecule has 2 N–H and O–H groups in total. The van der Waals surface area contributed by atoms with E-state index in [4.69, 9.17) is 9.84 Å².